The molecule has 0 nitrogen and oxygen atoms in total. The van der Waals surface area contributed by atoms with Crippen molar-refractivity contribution in [1.29, 1.82) is 0 Å². The zero-order chi connectivity index (χ0) is 10.7. The summed E-state index contributed by atoms with van der Waals surface area (Å²) < 4.78 is 3.16. The van der Waals surface area contributed by atoms with Gasteiger partial charge >= 0.3 is 98.1 Å². The van der Waals surface area contributed by atoms with E-state index in [0.717, 1.165) is 0 Å². The predicted octanol–water partition coefficient (Wildman–Crippen LogP) is 3.07. The Morgan fingerprint density at radius 3 is 2.33 bits per heavy atom. The molecule has 1 aromatic rings. The summed E-state index contributed by atoms with van der Waals surface area (Å²) in [7, 11) is 0. The van der Waals surface area contributed by atoms with Crippen molar-refractivity contribution >= 4 is 19.4 Å². The minimum atomic E-state index is 0.00538. The maximum atomic E-state index is 2.30. The van der Waals surface area contributed by atoms with E-state index in [9.17, 15) is 0 Å². The maximum absolute atomic E-state index is 2.30. The van der Waals surface area contributed by atoms with Crippen LogP contribution in [-0.2, 0) is 6.42 Å². The quantitative estimate of drug-likeness (QED) is 0.737. The summed E-state index contributed by atoms with van der Waals surface area (Å²) in [6.07, 6.45) is 7.00. The average molecular weight is 265 g/mol. The van der Waals surface area contributed by atoms with E-state index in [2.05, 4.69) is 50.3 Å². The third-order valence-corrected chi connectivity index (χ3v) is 5.33. The molecule has 0 bridgehead atoms. The summed E-state index contributed by atoms with van der Waals surface area (Å²) >= 11 is 0.00538. The Morgan fingerprint density at radius 1 is 1.07 bits per heavy atom. The Bertz CT molecular complexity index is 396. The van der Waals surface area contributed by atoms with E-state index in [0.29, 0.717) is 0 Å². The van der Waals surface area contributed by atoms with Gasteiger partial charge in [-0.1, -0.05) is 0 Å². The molecule has 0 aromatic heterocycles. The second-order valence-electron chi connectivity index (χ2n) is 4.00. The Labute approximate surface area is 98.2 Å². The first-order valence-electron chi connectivity index (χ1n) is 5.54. The van der Waals surface area contributed by atoms with Crippen molar-refractivity contribution < 1.29 is 0 Å². The fourth-order valence-corrected chi connectivity index (χ4v) is 4.06. The number of hydrogen-bond donors (Lipinski definition) is 0. The molecule has 0 saturated heterocycles. The van der Waals surface area contributed by atoms with Crippen LogP contribution in [0.4, 0.5) is 0 Å². The van der Waals surface area contributed by atoms with E-state index >= 15 is 0 Å². The standard InChI is InChI=1S/C14H18Se/c1-3-4-12-6-8-13(9-7-12)14-10-5-11(2)15-14/h5-10H,3-4,15H2,1-2H3. The number of rotatable bonds is 3. The van der Waals surface area contributed by atoms with Gasteiger partial charge in [0.25, 0.3) is 0 Å². The van der Waals surface area contributed by atoms with Crippen molar-refractivity contribution in [2.45, 2.75) is 26.7 Å². The molecule has 1 aliphatic heterocycles. The zero-order valence-electron chi connectivity index (χ0n) is 9.38. The summed E-state index contributed by atoms with van der Waals surface area (Å²) in [5.74, 6) is 0. The molecule has 80 valence electrons. The molecular weight excluding hydrogens is 247 g/mol. The Kier molecular flexibility index (Phi) is 3.45. The van der Waals surface area contributed by atoms with Gasteiger partial charge < -0.3 is 0 Å². The topological polar surface area (TPSA) is 0 Å². The minimum absolute atomic E-state index is 0.00538. The summed E-state index contributed by atoms with van der Waals surface area (Å²) in [5, 5.41) is 0. The van der Waals surface area contributed by atoms with E-state index < -0.39 is 0 Å². The zero-order valence-corrected chi connectivity index (χ0v) is 11.5. The van der Waals surface area contributed by atoms with Gasteiger partial charge in [0.15, 0.2) is 0 Å². The van der Waals surface area contributed by atoms with Gasteiger partial charge in [0.05, 0.1) is 0 Å². The van der Waals surface area contributed by atoms with Crippen LogP contribution in [0.5, 0.6) is 0 Å². The van der Waals surface area contributed by atoms with Crippen molar-refractivity contribution in [2.24, 2.45) is 0 Å². The molecule has 0 atom stereocenters. The van der Waals surface area contributed by atoms with E-state index in [1.165, 1.54) is 24.0 Å². The Hall–Kier alpha value is -0.781. The van der Waals surface area contributed by atoms with Gasteiger partial charge in [-0.15, -0.1) is 0 Å². The molecule has 1 aliphatic rings. The Balaban J connectivity index is 2.11. The van der Waals surface area contributed by atoms with E-state index in [-0.39, 0.29) is 15.0 Å². The fraction of sp³-hybridized carbons (Fsp3) is 0.286. The number of benzene rings is 1. The van der Waals surface area contributed by atoms with Crippen LogP contribution in [-0.4, -0.2) is 15.0 Å². The normalized spacial score (nSPS) is 17.7. The third-order valence-electron chi connectivity index (χ3n) is 2.64. The van der Waals surface area contributed by atoms with Crippen molar-refractivity contribution in [3.8, 4) is 0 Å². The van der Waals surface area contributed by atoms with Crippen LogP contribution in [0.2, 0.25) is 0 Å². The fourth-order valence-electron chi connectivity index (χ4n) is 1.81. The molecule has 0 unspecified atom stereocenters. The number of aryl methyl sites for hydroxylation is 1. The van der Waals surface area contributed by atoms with Gasteiger partial charge in [-0.2, -0.15) is 0 Å². The van der Waals surface area contributed by atoms with E-state index in [1.807, 2.05) is 0 Å². The van der Waals surface area contributed by atoms with Crippen LogP contribution in [0.1, 0.15) is 31.4 Å². The first-order chi connectivity index (χ1) is 7.29. The molecule has 15 heavy (non-hydrogen) atoms. The van der Waals surface area contributed by atoms with E-state index in [1.54, 1.807) is 8.94 Å². The van der Waals surface area contributed by atoms with Gasteiger partial charge in [0.1, 0.15) is 0 Å². The molecular formula is C14H18Se. The van der Waals surface area contributed by atoms with Crippen molar-refractivity contribution in [2.75, 3.05) is 0 Å². The predicted molar refractivity (Wildman–Crippen MR) is 70.7 cm³/mol. The van der Waals surface area contributed by atoms with Crippen LogP contribution in [0, 0.1) is 0 Å². The monoisotopic (exact) mass is 266 g/mol. The summed E-state index contributed by atoms with van der Waals surface area (Å²) in [5.41, 5.74) is 2.90. The molecule has 0 radical (unpaired) electrons. The second kappa shape index (κ2) is 4.83. The molecule has 1 heterocycles. The van der Waals surface area contributed by atoms with Crippen LogP contribution in [0.3, 0.4) is 0 Å². The molecule has 1 heteroatoms. The van der Waals surface area contributed by atoms with E-state index in [4.69, 9.17) is 0 Å². The molecule has 0 N–H and O–H groups in total. The van der Waals surface area contributed by atoms with Crippen LogP contribution < -0.4 is 0 Å². The van der Waals surface area contributed by atoms with Gasteiger partial charge in [-0.3, -0.25) is 0 Å². The van der Waals surface area contributed by atoms with Crippen molar-refractivity contribution in [1.82, 2.24) is 0 Å². The molecule has 0 amide bonds. The van der Waals surface area contributed by atoms with Gasteiger partial charge in [0.2, 0.25) is 0 Å². The molecule has 1 aromatic carbocycles. The summed E-state index contributed by atoms with van der Waals surface area (Å²) in [4.78, 5) is 0. The van der Waals surface area contributed by atoms with Crippen LogP contribution in [0.25, 0.3) is 4.47 Å². The van der Waals surface area contributed by atoms with Crippen molar-refractivity contribution in [3.05, 3.63) is 52.0 Å². The Morgan fingerprint density at radius 2 is 1.80 bits per heavy atom. The van der Waals surface area contributed by atoms with Crippen LogP contribution >= 0.6 is 0 Å². The second-order valence-corrected chi connectivity index (χ2v) is 7.31. The van der Waals surface area contributed by atoms with Gasteiger partial charge in [-0.25, -0.2) is 0 Å². The average Bonchev–Trinajstić information content (AvgIpc) is 2.67. The van der Waals surface area contributed by atoms with Gasteiger partial charge in [-0.05, 0) is 0 Å². The van der Waals surface area contributed by atoms with Gasteiger partial charge in [0, 0.05) is 0 Å². The SMILES string of the molecule is CCCc1ccc(C2=CC=C(C)[SeH2]2)cc1. The summed E-state index contributed by atoms with van der Waals surface area (Å²) in [6, 6.07) is 9.12. The molecule has 0 aliphatic carbocycles. The van der Waals surface area contributed by atoms with Crippen molar-refractivity contribution in [3.63, 3.8) is 0 Å². The molecule has 2 rings (SSSR count). The first-order valence-corrected chi connectivity index (χ1v) is 7.64. The molecule has 0 fully saturated rings. The molecule has 0 spiro atoms. The summed E-state index contributed by atoms with van der Waals surface area (Å²) in [6.45, 7) is 4.47. The molecule has 0 saturated carbocycles. The first kappa shape index (κ1) is 10.7. The van der Waals surface area contributed by atoms with Crippen LogP contribution in [0.15, 0.2) is 40.9 Å². The number of hydrogen-bond acceptors (Lipinski definition) is 0. The number of allylic oxidation sites excluding steroid dienone is 3. The third kappa shape index (κ3) is 2.62.